The monoisotopic (exact) mass is 213 g/mol. The second-order valence-electron chi connectivity index (χ2n) is 6.16. The smallest absolute Gasteiger partial charge is 0.0781 e. The number of nitrogens with zero attached hydrogens (tertiary/aromatic N) is 1. The molecule has 0 aliphatic carbocycles. The van der Waals surface area contributed by atoms with Gasteiger partial charge < -0.3 is 9.64 Å². The lowest BCUT2D eigenvalue weighted by Gasteiger charge is -2.39. The molecule has 0 N–H and O–H groups in total. The van der Waals surface area contributed by atoms with E-state index in [-0.39, 0.29) is 5.41 Å². The molecule has 90 valence electrons. The normalized spacial score (nSPS) is 26.2. The first-order chi connectivity index (χ1) is 6.82. The number of ether oxygens (including phenoxy) is 1. The van der Waals surface area contributed by atoms with Gasteiger partial charge in [0.1, 0.15) is 0 Å². The molecule has 2 heteroatoms. The van der Waals surface area contributed by atoms with Crippen molar-refractivity contribution in [2.24, 2.45) is 5.41 Å². The molecular formula is C13H27NO. The van der Waals surface area contributed by atoms with Crippen molar-refractivity contribution in [1.82, 2.24) is 4.90 Å². The van der Waals surface area contributed by atoms with Gasteiger partial charge in [-0.25, -0.2) is 0 Å². The Morgan fingerprint density at radius 2 is 1.87 bits per heavy atom. The average molecular weight is 213 g/mol. The molecule has 1 aliphatic rings. The Bertz CT molecular complexity index is 195. The van der Waals surface area contributed by atoms with Crippen LogP contribution >= 0.6 is 0 Å². The van der Waals surface area contributed by atoms with Crippen molar-refractivity contribution in [3.05, 3.63) is 0 Å². The van der Waals surface area contributed by atoms with E-state index < -0.39 is 0 Å². The van der Waals surface area contributed by atoms with Crippen LogP contribution in [-0.2, 0) is 4.74 Å². The van der Waals surface area contributed by atoms with E-state index in [9.17, 15) is 0 Å². The maximum atomic E-state index is 6.13. The quantitative estimate of drug-likeness (QED) is 0.714. The molecular weight excluding hydrogens is 186 g/mol. The molecule has 0 bridgehead atoms. The molecule has 2 nitrogen and oxygen atoms in total. The Labute approximate surface area is 95.0 Å². The third kappa shape index (κ3) is 3.46. The van der Waals surface area contributed by atoms with E-state index in [2.05, 4.69) is 46.6 Å². The molecule has 0 radical (unpaired) electrons. The van der Waals surface area contributed by atoms with Crippen LogP contribution in [0.15, 0.2) is 0 Å². The lowest BCUT2D eigenvalue weighted by Crippen LogP contribution is -2.46. The van der Waals surface area contributed by atoms with Crippen LogP contribution in [0.3, 0.4) is 0 Å². The zero-order chi connectivity index (χ0) is 11.6. The Hall–Kier alpha value is -0.0800. The molecule has 0 spiro atoms. The number of hydrogen-bond donors (Lipinski definition) is 0. The van der Waals surface area contributed by atoms with Gasteiger partial charge >= 0.3 is 0 Å². The lowest BCUT2D eigenvalue weighted by molar-refractivity contribution is -0.0863. The Morgan fingerprint density at radius 1 is 1.27 bits per heavy atom. The Kier molecular flexibility index (Phi) is 4.19. The summed E-state index contributed by atoms with van der Waals surface area (Å²) in [7, 11) is 2.22. The van der Waals surface area contributed by atoms with Crippen LogP contribution in [-0.4, -0.2) is 36.7 Å². The highest BCUT2D eigenvalue weighted by atomic mass is 16.5. The minimum absolute atomic E-state index is 0.230. The van der Waals surface area contributed by atoms with Crippen molar-refractivity contribution in [2.45, 2.75) is 65.7 Å². The zero-order valence-corrected chi connectivity index (χ0v) is 11.2. The van der Waals surface area contributed by atoms with Gasteiger partial charge in [0.2, 0.25) is 0 Å². The molecule has 0 aromatic heterocycles. The molecule has 1 heterocycles. The Morgan fingerprint density at radius 3 is 2.20 bits per heavy atom. The van der Waals surface area contributed by atoms with Gasteiger partial charge in [-0.3, -0.25) is 0 Å². The van der Waals surface area contributed by atoms with Crippen molar-refractivity contribution < 1.29 is 4.74 Å². The van der Waals surface area contributed by atoms with Gasteiger partial charge in [-0.1, -0.05) is 20.8 Å². The van der Waals surface area contributed by atoms with Gasteiger partial charge in [0.15, 0.2) is 0 Å². The van der Waals surface area contributed by atoms with E-state index >= 15 is 0 Å². The van der Waals surface area contributed by atoms with Crippen molar-refractivity contribution in [3.63, 3.8) is 0 Å². The first kappa shape index (κ1) is 13.0. The number of likely N-dealkylation sites (N-methyl/N-ethyl adjacent to an activating group) is 1. The van der Waals surface area contributed by atoms with Crippen LogP contribution in [0.25, 0.3) is 0 Å². The summed E-state index contributed by atoms with van der Waals surface area (Å²) in [6.07, 6.45) is 3.27. The molecule has 0 aromatic rings. The summed E-state index contributed by atoms with van der Waals surface area (Å²) in [6.45, 7) is 12.3. The maximum Gasteiger partial charge on any atom is 0.0781 e. The summed E-state index contributed by atoms with van der Waals surface area (Å²) < 4.78 is 6.13. The molecule has 0 amide bonds. The van der Waals surface area contributed by atoms with Crippen LogP contribution in [0.2, 0.25) is 0 Å². The molecule has 15 heavy (non-hydrogen) atoms. The summed E-state index contributed by atoms with van der Waals surface area (Å²) >= 11 is 0. The fraction of sp³-hybridized carbons (Fsp3) is 1.00. The molecule has 1 saturated heterocycles. The molecule has 0 aromatic carbocycles. The predicted octanol–water partition coefficient (Wildman–Crippen LogP) is 2.92. The zero-order valence-electron chi connectivity index (χ0n) is 11.2. The summed E-state index contributed by atoms with van der Waals surface area (Å²) in [6, 6.07) is 0.604. The highest BCUT2D eigenvalue weighted by Crippen LogP contribution is 2.32. The molecule has 0 saturated carbocycles. The van der Waals surface area contributed by atoms with E-state index in [0.29, 0.717) is 18.2 Å². The molecule has 2 atom stereocenters. The average Bonchev–Trinajstić information content (AvgIpc) is 2.45. The van der Waals surface area contributed by atoms with Crippen molar-refractivity contribution in [2.75, 3.05) is 13.6 Å². The van der Waals surface area contributed by atoms with Crippen LogP contribution < -0.4 is 0 Å². The first-order valence-corrected chi connectivity index (χ1v) is 6.18. The van der Waals surface area contributed by atoms with Crippen molar-refractivity contribution in [1.29, 1.82) is 0 Å². The summed E-state index contributed by atoms with van der Waals surface area (Å²) in [4.78, 5) is 2.46. The van der Waals surface area contributed by atoms with Crippen LogP contribution in [0.5, 0.6) is 0 Å². The van der Waals surface area contributed by atoms with Crippen LogP contribution in [0.1, 0.15) is 47.5 Å². The third-order valence-electron chi connectivity index (χ3n) is 3.20. The van der Waals surface area contributed by atoms with E-state index in [1.807, 2.05) is 0 Å². The van der Waals surface area contributed by atoms with Crippen molar-refractivity contribution >= 4 is 0 Å². The largest absolute Gasteiger partial charge is 0.373 e. The standard InChI is InChI=1S/C13H27NO/c1-10(2)15-12(13(3,4)5)11-8-7-9-14(11)6/h10-12H,7-9H2,1-6H3/t11-,12+/m0/s1. The fourth-order valence-electron chi connectivity index (χ4n) is 2.48. The summed E-state index contributed by atoms with van der Waals surface area (Å²) in [5, 5.41) is 0. The van der Waals surface area contributed by atoms with E-state index in [1.54, 1.807) is 0 Å². The van der Waals surface area contributed by atoms with Gasteiger partial charge in [-0.2, -0.15) is 0 Å². The fourth-order valence-corrected chi connectivity index (χ4v) is 2.48. The SMILES string of the molecule is CC(C)O[C@H]([C@@H]1CCCN1C)C(C)(C)C. The molecule has 1 aliphatic heterocycles. The minimum Gasteiger partial charge on any atom is -0.373 e. The minimum atomic E-state index is 0.230. The highest BCUT2D eigenvalue weighted by molar-refractivity contribution is 4.90. The number of likely N-dealkylation sites (tertiary alicyclic amines) is 1. The van der Waals surface area contributed by atoms with Gasteiger partial charge in [0, 0.05) is 6.04 Å². The molecule has 1 fully saturated rings. The van der Waals surface area contributed by atoms with E-state index in [0.717, 1.165) is 0 Å². The number of rotatable bonds is 3. The van der Waals surface area contributed by atoms with Gasteiger partial charge in [-0.05, 0) is 45.7 Å². The van der Waals surface area contributed by atoms with Crippen molar-refractivity contribution in [3.8, 4) is 0 Å². The lowest BCUT2D eigenvalue weighted by atomic mass is 9.83. The third-order valence-corrected chi connectivity index (χ3v) is 3.20. The van der Waals surface area contributed by atoms with E-state index in [1.165, 1.54) is 19.4 Å². The highest BCUT2D eigenvalue weighted by Gasteiger charge is 2.37. The topological polar surface area (TPSA) is 12.5 Å². The van der Waals surface area contributed by atoms with Crippen LogP contribution in [0, 0.1) is 5.41 Å². The second kappa shape index (κ2) is 4.84. The van der Waals surface area contributed by atoms with Crippen LogP contribution in [0.4, 0.5) is 0 Å². The molecule has 1 rings (SSSR count). The molecule has 0 unspecified atom stereocenters. The second-order valence-corrected chi connectivity index (χ2v) is 6.16. The van der Waals surface area contributed by atoms with Gasteiger partial charge in [0.25, 0.3) is 0 Å². The summed E-state index contributed by atoms with van der Waals surface area (Å²) in [5.41, 5.74) is 0.230. The van der Waals surface area contributed by atoms with E-state index in [4.69, 9.17) is 4.74 Å². The maximum absolute atomic E-state index is 6.13. The van der Waals surface area contributed by atoms with Gasteiger partial charge in [0.05, 0.1) is 12.2 Å². The Balaban J connectivity index is 2.71. The first-order valence-electron chi connectivity index (χ1n) is 6.18. The predicted molar refractivity (Wildman–Crippen MR) is 65.1 cm³/mol. The summed E-state index contributed by atoms with van der Waals surface area (Å²) in [5.74, 6) is 0. The number of hydrogen-bond acceptors (Lipinski definition) is 2. The van der Waals surface area contributed by atoms with Gasteiger partial charge in [-0.15, -0.1) is 0 Å².